The zero-order valence-electron chi connectivity index (χ0n) is 10.3. The zero-order chi connectivity index (χ0) is 10.7. The van der Waals surface area contributed by atoms with E-state index < -0.39 is 25.4 Å². The van der Waals surface area contributed by atoms with Crippen LogP contribution in [0, 0.1) is 0 Å². The van der Waals surface area contributed by atoms with Gasteiger partial charge in [-0.25, -0.2) is 0 Å². The predicted molar refractivity (Wildman–Crippen MR) is 69.0 cm³/mol. The monoisotopic (exact) mass is 233 g/mol. The molecule has 4 heteroatoms. The molecular weight excluding hydrogens is 208 g/mol. The van der Waals surface area contributed by atoms with Gasteiger partial charge >= 0.3 is 0 Å². The molecule has 0 fully saturated rings. The largest absolute Gasteiger partial charge is 0.456 e. The van der Waals surface area contributed by atoms with Crippen molar-refractivity contribution in [1.29, 1.82) is 0 Å². The highest BCUT2D eigenvalue weighted by atomic mass is 28.4. The van der Waals surface area contributed by atoms with E-state index in [1.54, 1.807) is 0 Å². The van der Waals surface area contributed by atoms with E-state index in [4.69, 9.17) is 4.12 Å². The molecule has 13 heavy (non-hydrogen) atoms. The standard InChI is InChI=1S/C9H25OSi3/c1-11(2)10-13(6,7)9-8-12(3,4)5/h8-9H2,1-7H3. The van der Waals surface area contributed by atoms with E-state index in [1.165, 1.54) is 12.1 Å². The van der Waals surface area contributed by atoms with Crippen LogP contribution in [-0.4, -0.2) is 25.4 Å². The van der Waals surface area contributed by atoms with Crippen molar-refractivity contribution in [2.75, 3.05) is 0 Å². The summed E-state index contributed by atoms with van der Waals surface area (Å²) in [4.78, 5) is 0. The Hall–Kier alpha value is 0.611. The second-order valence-corrected chi connectivity index (χ2v) is 18.1. The van der Waals surface area contributed by atoms with Gasteiger partial charge in [0, 0.05) is 8.07 Å². The molecule has 0 spiro atoms. The van der Waals surface area contributed by atoms with Gasteiger partial charge in [-0.2, -0.15) is 0 Å². The second-order valence-electron chi connectivity index (χ2n) is 5.83. The van der Waals surface area contributed by atoms with Crippen molar-refractivity contribution in [3.63, 3.8) is 0 Å². The molecule has 0 rings (SSSR count). The molecule has 0 aromatic rings. The molecule has 79 valence electrons. The van der Waals surface area contributed by atoms with Crippen LogP contribution in [0.3, 0.4) is 0 Å². The lowest BCUT2D eigenvalue weighted by Gasteiger charge is -2.28. The molecule has 1 radical (unpaired) electrons. The lowest BCUT2D eigenvalue weighted by molar-refractivity contribution is 0.573. The van der Waals surface area contributed by atoms with Crippen molar-refractivity contribution in [2.24, 2.45) is 0 Å². The minimum absolute atomic E-state index is 0.481. The van der Waals surface area contributed by atoms with Crippen LogP contribution in [-0.2, 0) is 4.12 Å². The Kier molecular flexibility index (Phi) is 5.14. The molecule has 0 bridgehead atoms. The second kappa shape index (κ2) is 4.91. The highest BCUT2D eigenvalue weighted by molar-refractivity contribution is 6.81. The van der Waals surface area contributed by atoms with Gasteiger partial charge in [-0.3, -0.25) is 0 Å². The van der Waals surface area contributed by atoms with Crippen LogP contribution in [0.5, 0.6) is 0 Å². The summed E-state index contributed by atoms with van der Waals surface area (Å²) in [6, 6.07) is 2.79. The molecule has 0 saturated carbocycles. The summed E-state index contributed by atoms with van der Waals surface area (Å²) < 4.78 is 6.10. The molecule has 0 aliphatic heterocycles. The molecule has 1 nitrogen and oxygen atoms in total. The van der Waals surface area contributed by atoms with Gasteiger partial charge in [-0.1, -0.05) is 25.7 Å². The average molecular weight is 234 g/mol. The van der Waals surface area contributed by atoms with Crippen LogP contribution >= 0.6 is 0 Å². The molecule has 0 amide bonds. The van der Waals surface area contributed by atoms with E-state index in [1.807, 2.05) is 0 Å². The normalized spacial score (nSPS) is 13.8. The summed E-state index contributed by atoms with van der Waals surface area (Å²) in [7, 11) is -2.63. The maximum absolute atomic E-state index is 6.10. The first-order chi connectivity index (χ1) is 5.62. The highest BCUT2D eigenvalue weighted by Gasteiger charge is 2.26. The topological polar surface area (TPSA) is 9.23 Å². The Morgan fingerprint density at radius 1 is 0.923 bits per heavy atom. The van der Waals surface area contributed by atoms with Crippen molar-refractivity contribution >= 4 is 25.4 Å². The summed E-state index contributed by atoms with van der Waals surface area (Å²) in [5.74, 6) is 0. The molecule has 0 atom stereocenters. The smallest absolute Gasteiger partial charge is 0.191 e. The van der Waals surface area contributed by atoms with Gasteiger partial charge in [0.15, 0.2) is 17.4 Å². The van der Waals surface area contributed by atoms with Crippen LogP contribution in [0.4, 0.5) is 0 Å². The number of hydrogen-bond acceptors (Lipinski definition) is 1. The summed E-state index contributed by atoms with van der Waals surface area (Å²) >= 11 is 0. The molecule has 0 aromatic heterocycles. The van der Waals surface area contributed by atoms with Crippen molar-refractivity contribution in [1.82, 2.24) is 0 Å². The minimum atomic E-state index is -1.30. The van der Waals surface area contributed by atoms with E-state index in [2.05, 4.69) is 45.8 Å². The first kappa shape index (κ1) is 13.6. The molecule has 0 N–H and O–H groups in total. The van der Waals surface area contributed by atoms with Gasteiger partial charge in [-0.15, -0.1) is 0 Å². The summed E-state index contributed by atoms with van der Waals surface area (Å²) in [5, 5.41) is 0. The lowest BCUT2D eigenvalue weighted by Crippen LogP contribution is -2.37. The van der Waals surface area contributed by atoms with E-state index in [-0.39, 0.29) is 0 Å². The lowest BCUT2D eigenvalue weighted by atomic mass is 10.9. The Morgan fingerprint density at radius 2 is 1.38 bits per heavy atom. The maximum atomic E-state index is 6.10. The summed E-state index contributed by atoms with van der Waals surface area (Å²) in [6.07, 6.45) is 0. The summed E-state index contributed by atoms with van der Waals surface area (Å²) in [5.41, 5.74) is 0. The Labute approximate surface area is 87.8 Å². The van der Waals surface area contributed by atoms with Crippen molar-refractivity contribution in [3.8, 4) is 0 Å². The van der Waals surface area contributed by atoms with Crippen LogP contribution in [0.15, 0.2) is 0 Å². The van der Waals surface area contributed by atoms with Gasteiger partial charge in [0.05, 0.1) is 0 Å². The van der Waals surface area contributed by atoms with Crippen LogP contribution in [0.25, 0.3) is 0 Å². The Bertz CT molecular complexity index is 149. The zero-order valence-corrected chi connectivity index (χ0v) is 13.3. The fourth-order valence-electron chi connectivity index (χ4n) is 1.28. The molecule has 0 unspecified atom stereocenters. The third-order valence-corrected chi connectivity index (χ3v) is 9.50. The molecule has 0 aliphatic rings. The third kappa shape index (κ3) is 8.93. The van der Waals surface area contributed by atoms with E-state index in [0.717, 1.165) is 0 Å². The van der Waals surface area contributed by atoms with Crippen LogP contribution in [0.2, 0.25) is 57.9 Å². The van der Waals surface area contributed by atoms with Crippen molar-refractivity contribution in [2.45, 2.75) is 57.9 Å². The van der Waals surface area contributed by atoms with Crippen molar-refractivity contribution < 1.29 is 4.12 Å². The Balaban J connectivity index is 3.89. The minimum Gasteiger partial charge on any atom is -0.456 e. The number of rotatable bonds is 5. The predicted octanol–water partition coefficient (Wildman–Crippen LogP) is 3.80. The van der Waals surface area contributed by atoms with Crippen LogP contribution < -0.4 is 0 Å². The van der Waals surface area contributed by atoms with Gasteiger partial charge in [0.1, 0.15) is 0 Å². The van der Waals surface area contributed by atoms with E-state index in [0.29, 0.717) is 0 Å². The fourth-order valence-corrected chi connectivity index (χ4v) is 11.5. The Morgan fingerprint density at radius 3 is 1.69 bits per heavy atom. The van der Waals surface area contributed by atoms with Gasteiger partial charge in [-0.05, 0) is 32.2 Å². The average Bonchev–Trinajstić information content (AvgIpc) is 1.79. The van der Waals surface area contributed by atoms with Gasteiger partial charge in [0.2, 0.25) is 0 Å². The maximum Gasteiger partial charge on any atom is 0.191 e. The highest BCUT2D eigenvalue weighted by Crippen LogP contribution is 2.21. The van der Waals surface area contributed by atoms with Crippen molar-refractivity contribution in [3.05, 3.63) is 0 Å². The molecule has 0 saturated heterocycles. The number of hydrogen-bond donors (Lipinski definition) is 0. The SMILES string of the molecule is C[Si](C)O[Si](C)(C)CC[Si](C)(C)C. The third-order valence-electron chi connectivity index (χ3n) is 1.96. The van der Waals surface area contributed by atoms with Gasteiger partial charge in [0.25, 0.3) is 0 Å². The molecule has 0 aromatic carbocycles. The molecule has 0 heterocycles. The van der Waals surface area contributed by atoms with E-state index >= 15 is 0 Å². The summed E-state index contributed by atoms with van der Waals surface area (Å²) in [6.45, 7) is 16.6. The quantitative estimate of drug-likeness (QED) is 0.657. The van der Waals surface area contributed by atoms with E-state index in [9.17, 15) is 0 Å². The molecule has 0 aliphatic carbocycles. The van der Waals surface area contributed by atoms with Gasteiger partial charge < -0.3 is 4.12 Å². The van der Waals surface area contributed by atoms with Crippen LogP contribution in [0.1, 0.15) is 0 Å². The first-order valence-electron chi connectivity index (χ1n) is 5.12. The molecular formula is C9H25OSi3. The first-order valence-corrected chi connectivity index (χ1v) is 14.3. The fraction of sp³-hybridized carbons (Fsp3) is 1.00.